The van der Waals surface area contributed by atoms with Crippen molar-refractivity contribution in [2.24, 2.45) is 0 Å². The first-order valence-electron chi connectivity index (χ1n) is 5.38. The number of nitrogens with zero attached hydrogens (tertiary/aromatic N) is 4. The van der Waals surface area contributed by atoms with Gasteiger partial charge in [0.15, 0.2) is 5.65 Å². The van der Waals surface area contributed by atoms with E-state index in [0.717, 1.165) is 5.39 Å². The van der Waals surface area contributed by atoms with Crippen LogP contribution >= 0.6 is 11.6 Å². The van der Waals surface area contributed by atoms with Crippen LogP contribution in [0.2, 0.25) is 5.28 Å². The van der Waals surface area contributed by atoms with Crippen LogP contribution in [0.5, 0.6) is 0 Å². The number of H-pyrrole nitrogens is 1. The van der Waals surface area contributed by atoms with Crippen LogP contribution in [0.3, 0.4) is 0 Å². The Morgan fingerprint density at radius 1 is 1.50 bits per heavy atom. The van der Waals surface area contributed by atoms with Gasteiger partial charge < -0.3 is 10.2 Å². The smallest absolute Gasteiger partial charge is 0.226 e. The Morgan fingerprint density at radius 3 is 3.00 bits per heavy atom. The minimum atomic E-state index is 0.0473. The number of fused-ring (bicyclic) bond motifs is 1. The molecule has 96 valence electrons. The van der Waals surface area contributed by atoms with Crippen molar-refractivity contribution in [1.82, 2.24) is 25.1 Å². The summed E-state index contributed by atoms with van der Waals surface area (Å²) in [5, 5.41) is 10.5. The van der Waals surface area contributed by atoms with E-state index in [1.54, 1.807) is 25.2 Å². The highest BCUT2D eigenvalue weighted by atomic mass is 35.5. The van der Waals surface area contributed by atoms with Gasteiger partial charge in [-0.3, -0.25) is 9.89 Å². The standard InChI is InChI=1S/C10H13ClN6O/c1-17(2)7(18)3-4-12-8-6-5-13-16-9(6)15-10(11)14-8/h5H,3-4H2,1-2H3,(H2,12,13,14,15,16). The average molecular weight is 269 g/mol. The molecular weight excluding hydrogens is 256 g/mol. The molecule has 18 heavy (non-hydrogen) atoms. The van der Waals surface area contributed by atoms with Gasteiger partial charge in [-0.25, -0.2) is 0 Å². The van der Waals surface area contributed by atoms with Crippen molar-refractivity contribution in [3.05, 3.63) is 11.5 Å². The van der Waals surface area contributed by atoms with Crippen molar-refractivity contribution in [3.8, 4) is 0 Å². The lowest BCUT2D eigenvalue weighted by Crippen LogP contribution is -2.24. The van der Waals surface area contributed by atoms with Crippen molar-refractivity contribution in [1.29, 1.82) is 0 Å². The van der Waals surface area contributed by atoms with Crippen LogP contribution < -0.4 is 5.32 Å². The Hall–Kier alpha value is -1.89. The van der Waals surface area contributed by atoms with Crippen LogP contribution in [-0.2, 0) is 4.79 Å². The Balaban J connectivity index is 2.07. The zero-order valence-electron chi connectivity index (χ0n) is 10.1. The molecule has 8 heteroatoms. The molecule has 2 rings (SSSR count). The molecule has 2 heterocycles. The molecule has 0 saturated carbocycles. The van der Waals surface area contributed by atoms with Gasteiger partial charge in [-0.05, 0) is 11.6 Å². The van der Waals surface area contributed by atoms with E-state index in [0.29, 0.717) is 24.4 Å². The molecule has 0 bridgehead atoms. The highest BCUT2D eigenvalue weighted by Gasteiger charge is 2.09. The van der Waals surface area contributed by atoms with E-state index in [4.69, 9.17) is 11.6 Å². The summed E-state index contributed by atoms with van der Waals surface area (Å²) in [5.41, 5.74) is 0.566. The van der Waals surface area contributed by atoms with Crippen molar-refractivity contribution in [2.45, 2.75) is 6.42 Å². The van der Waals surface area contributed by atoms with E-state index in [-0.39, 0.29) is 11.2 Å². The number of aromatic amines is 1. The topological polar surface area (TPSA) is 86.8 Å². The first kappa shape index (κ1) is 12.6. The molecule has 0 aliphatic rings. The first-order chi connectivity index (χ1) is 8.58. The summed E-state index contributed by atoms with van der Waals surface area (Å²) < 4.78 is 0. The van der Waals surface area contributed by atoms with Gasteiger partial charge in [0, 0.05) is 27.1 Å². The van der Waals surface area contributed by atoms with E-state index in [1.165, 1.54) is 0 Å². The Kier molecular flexibility index (Phi) is 3.61. The van der Waals surface area contributed by atoms with Crippen LogP contribution in [0.25, 0.3) is 11.0 Å². The summed E-state index contributed by atoms with van der Waals surface area (Å²) in [4.78, 5) is 21.0. The van der Waals surface area contributed by atoms with Crippen molar-refractivity contribution < 1.29 is 4.79 Å². The van der Waals surface area contributed by atoms with Gasteiger partial charge in [-0.2, -0.15) is 15.1 Å². The molecule has 0 aliphatic heterocycles. The second kappa shape index (κ2) is 5.18. The van der Waals surface area contributed by atoms with Gasteiger partial charge in [-0.15, -0.1) is 0 Å². The number of nitrogens with one attached hydrogen (secondary N) is 2. The summed E-state index contributed by atoms with van der Waals surface area (Å²) >= 11 is 5.79. The lowest BCUT2D eigenvalue weighted by Gasteiger charge is -2.11. The van der Waals surface area contributed by atoms with E-state index in [9.17, 15) is 4.79 Å². The maximum absolute atomic E-state index is 11.4. The van der Waals surface area contributed by atoms with Crippen LogP contribution in [0, 0.1) is 0 Å². The number of carbonyl (C=O) groups is 1. The third-order valence-corrected chi connectivity index (χ3v) is 2.58. The number of hydrogen-bond donors (Lipinski definition) is 2. The van der Waals surface area contributed by atoms with Gasteiger partial charge in [-0.1, -0.05) is 0 Å². The van der Waals surface area contributed by atoms with Crippen LogP contribution in [-0.4, -0.2) is 51.6 Å². The molecule has 2 N–H and O–H groups in total. The van der Waals surface area contributed by atoms with Crippen molar-refractivity contribution in [3.63, 3.8) is 0 Å². The molecule has 2 aromatic rings. The van der Waals surface area contributed by atoms with Gasteiger partial charge in [0.2, 0.25) is 11.2 Å². The minimum Gasteiger partial charge on any atom is -0.369 e. The van der Waals surface area contributed by atoms with Gasteiger partial charge in [0.1, 0.15) is 5.82 Å². The fraction of sp³-hybridized carbons (Fsp3) is 0.400. The van der Waals surface area contributed by atoms with Gasteiger partial charge in [0.25, 0.3) is 0 Å². The quantitative estimate of drug-likeness (QED) is 0.805. The summed E-state index contributed by atoms with van der Waals surface area (Å²) in [6.07, 6.45) is 2.00. The van der Waals surface area contributed by atoms with Crippen LogP contribution in [0.4, 0.5) is 5.82 Å². The number of halogens is 1. The molecular formula is C10H13ClN6O. The molecule has 0 fully saturated rings. The molecule has 0 atom stereocenters. The SMILES string of the molecule is CN(C)C(=O)CCNc1nc(Cl)nc2[nH]ncc12. The fourth-order valence-electron chi connectivity index (χ4n) is 1.45. The zero-order valence-corrected chi connectivity index (χ0v) is 10.8. The van der Waals surface area contributed by atoms with E-state index >= 15 is 0 Å². The zero-order chi connectivity index (χ0) is 13.1. The number of carbonyl (C=O) groups excluding carboxylic acids is 1. The Bertz CT molecular complexity index is 566. The minimum absolute atomic E-state index is 0.0473. The number of amides is 1. The van der Waals surface area contributed by atoms with Crippen molar-refractivity contribution >= 4 is 34.4 Å². The molecule has 2 aromatic heterocycles. The number of anilines is 1. The molecule has 0 spiro atoms. The highest BCUT2D eigenvalue weighted by molar-refractivity contribution is 6.28. The number of hydrogen-bond acceptors (Lipinski definition) is 5. The lowest BCUT2D eigenvalue weighted by atomic mass is 10.3. The average Bonchev–Trinajstić information content (AvgIpc) is 2.76. The summed E-state index contributed by atoms with van der Waals surface area (Å²) in [6, 6.07) is 0. The number of aromatic nitrogens is 4. The fourth-order valence-corrected chi connectivity index (χ4v) is 1.62. The number of rotatable bonds is 4. The van der Waals surface area contributed by atoms with E-state index in [2.05, 4.69) is 25.5 Å². The second-order valence-electron chi connectivity index (χ2n) is 3.94. The maximum Gasteiger partial charge on any atom is 0.226 e. The lowest BCUT2D eigenvalue weighted by molar-refractivity contribution is -0.128. The third kappa shape index (κ3) is 2.67. The van der Waals surface area contributed by atoms with E-state index in [1.807, 2.05) is 0 Å². The molecule has 0 saturated heterocycles. The molecule has 0 aromatic carbocycles. The second-order valence-corrected chi connectivity index (χ2v) is 4.28. The first-order valence-corrected chi connectivity index (χ1v) is 5.76. The van der Waals surface area contributed by atoms with Crippen LogP contribution in [0.1, 0.15) is 6.42 Å². The monoisotopic (exact) mass is 268 g/mol. The summed E-state index contributed by atoms with van der Waals surface area (Å²) in [7, 11) is 3.44. The molecule has 1 amide bonds. The molecule has 0 aliphatic carbocycles. The van der Waals surface area contributed by atoms with Gasteiger partial charge >= 0.3 is 0 Å². The molecule has 0 radical (unpaired) electrons. The van der Waals surface area contributed by atoms with Gasteiger partial charge in [0.05, 0.1) is 11.6 Å². The highest BCUT2D eigenvalue weighted by Crippen LogP contribution is 2.19. The third-order valence-electron chi connectivity index (χ3n) is 2.41. The Morgan fingerprint density at radius 2 is 2.28 bits per heavy atom. The normalized spacial score (nSPS) is 10.6. The molecule has 7 nitrogen and oxygen atoms in total. The Labute approximate surface area is 109 Å². The van der Waals surface area contributed by atoms with E-state index < -0.39 is 0 Å². The predicted molar refractivity (Wildman–Crippen MR) is 68.5 cm³/mol. The molecule has 0 unspecified atom stereocenters. The summed E-state index contributed by atoms with van der Waals surface area (Å²) in [6.45, 7) is 0.477. The summed E-state index contributed by atoms with van der Waals surface area (Å²) in [5.74, 6) is 0.622. The maximum atomic E-state index is 11.4. The predicted octanol–water partition coefficient (Wildman–Crippen LogP) is 0.896. The van der Waals surface area contributed by atoms with Crippen LogP contribution in [0.15, 0.2) is 6.20 Å². The largest absolute Gasteiger partial charge is 0.369 e. The van der Waals surface area contributed by atoms with Crippen molar-refractivity contribution in [2.75, 3.05) is 26.0 Å².